The van der Waals surface area contributed by atoms with E-state index in [1.54, 1.807) is 18.5 Å². The fourth-order valence-corrected chi connectivity index (χ4v) is 3.01. The first-order valence-corrected chi connectivity index (χ1v) is 8.89. The summed E-state index contributed by atoms with van der Waals surface area (Å²) in [4.78, 5) is 24.7. The zero-order valence-corrected chi connectivity index (χ0v) is 15.3. The van der Waals surface area contributed by atoms with Gasteiger partial charge in [-0.15, -0.1) is 0 Å². The third kappa shape index (κ3) is 4.41. The topological polar surface area (TPSA) is 70.6 Å². The molecule has 7 nitrogen and oxygen atoms in total. The molecule has 0 spiro atoms. The summed E-state index contributed by atoms with van der Waals surface area (Å²) >= 11 is 0. The molecule has 1 aromatic heterocycles. The highest BCUT2D eigenvalue weighted by atomic mass is 16.5. The second-order valence-corrected chi connectivity index (χ2v) is 6.32. The number of nitrogens with one attached hydrogen (secondary N) is 1. The quantitative estimate of drug-likeness (QED) is 0.831. The fourth-order valence-electron chi connectivity index (χ4n) is 3.01. The molecule has 1 N–H and O–H groups in total. The van der Waals surface area contributed by atoms with Gasteiger partial charge >= 0.3 is 6.03 Å². The van der Waals surface area contributed by atoms with Gasteiger partial charge in [0.05, 0.1) is 6.54 Å². The van der Waals surface area contributed by atoms with Gasteiger partial charge in [0.15, 0.2) is 0 Å². The highest BCUT2D eigenvalue weighted by Crippen LogP contribution is 2.21. The summed E-state index contributed by atoms with van der Waals surface area (Å²) in [6.07, 6.45) is 3.47. The van der Waals surface area contributed by atoms with Crippen molar-refractivity contribution < 1.29 is 9.53 Å². The maximum absolute atomic E-state index is 12.3. The Hall–Kier alpha value is -2.83. The van der Waals surface area contributed by atoms with Gasteiger partial charge in [-0.05, 0) is 31.0 Å². The first kappa shape index (κ1) is 18.0. The number of nitrogens with zero attached hydrogens (tertiary/aromatic N) is 4. The van der Waals surface area contributed by atoms with Crippen LogP contribution < -0.4 is 15.0 Å². The lowest BCUT2D eigenvalue weighted by molar-refractivity contribution is 0.191. The molecule has 0 bridgehead atoms. The van der Waals surface area contributed by atoms with Gasteiger partial charge in [-0.3, -0.25) is 0 Å². The minimum Gasteiger partial charge on any atom is -0.491 e. The zero-order chi connectivity index (χ0) is 18.4. The average molecular weight is 355 g/mol. The predicted molar refractivity (Wildman–Crippen MR) is 101 cm³/mol. The number of hydrogen-bond acceptors (Lipinski definition) is 5. The van der Waals surface area contributed by atoms with Gasteiger partial charge in [-0.2, -0.15) is 0 Å². The molecule has 0 radical (unpaired) electrons. The second-order valence-electron chi connectivity index (χ2n) is 6.32. The Morgan fingerprint density at radius 3 is 2.38 bits per heavy atom. The number of hydrogen-bond donors (Lipinski definition) is 1. The smallest absolute Gasteiger partial charge is 0.317 e. The molecule has 1 aliphatic rings. The van der Waals surface area contributed by atoms with Crippen molar-refractivity contribution in [1.82, 2.24) is 20.2 Å². The van der Waals surface area contributed by atoms with Crippen LogP contribution in [0.15, 0.2) is 36.7 Å². The van der Waals surface area contributed by atoms with Crippen LogP contribution in [0.3, 0.4) is 0 Å². The molecule has 1 aliphatic heterocycles. The number of anilines is 1. The Morgan fingerprint density at radius 2 is 1.73 bits per heavy atom. The summed E-state index contributed by atoms with van der Waals surface area (Å²) in [6, 6.07) is 7.81. The molecule has 0 aliphatic carbocycles. The van der Waals surface area contributed by atoms with E-state index in [-0.39, 0.29) is 6.03 Å². The minimum atomic E-state index is -0.0521. The largest absolute Gasteiger partial charge is 0.491 e. The van der Waals surface area contributed by atoms with Gasteiger partial charge in [0.1, 0.15) is 12.4 Å². The molecule has 26 heavy (non-hydrogen) atoms. The summed E-state index contributed by atoms with van der Waals surface area (Å²) in [7, 11) is 0. The van der Waals surface area contributed by atoms with E-state index in [0.29, 0.717) is 26.2 Å². The molecule has 0 atom stereocenters. The summed E-state index contributed by atoms with van der Waals surface area (Å²) in [5, 5.41) is 2.93. The van der Waals surface area contributed by atoms with Crippen LogP contribution in [0.5, 0.6) is 5.75 Å². The molecule has 0 unspecified atom stereocenters. The molecule has 2 amide bonds. The highest BCUT2D eigenvalue weighted by molar-refractivity contribution is 5.74. The lowest BCUT2D eigenvalue weighted by Crippen LogP contribution is -2.52. The van der Waals surface area contributed by atoms with Crippen molar-refractivity contribution in [3.05, 3.63) is 47.8 Å². The number of aryl methyl sites for hydroxylation is 2. The van der Waals surface area contributed by atoms with Crippen molar-refractivity contribution >= 4 is 12.0 Å². The van der Waals surface area contributed by atoms with Crippen LogP contribution >= 0.6 is 0 Å². The number of piperazine rings is 1. The van der Waals surface area contributed by atoms with Gasteiger partial charge in [-0.1, -0.05) is 18.2 Å². The van der Waals surface area contributed by atoms with Crippen molar-refractivity contribution in [2.75, 3.05) is 44.2 Å². The Bertz CT molecular complexity index is 710. The van der Waals surface area contributed by atoms with E-state index in [0.717, 1.165) is 35.9 Å². The Labute approximate surface area is 154 Å². The Morgan fingerprint density at radius 1 is 1.08 bits per heavy atom. The van der Waals surface area contributed by atoms with Crippen molar-refractivity contribution in [3.63, 3.8) is 0 Å². The zero-order valence-electron chi connectivity index (χ0n) is 15.3. The van der Waals surface area contributed by atoms with Gasteiger partial charge in [0, 0.05) is 38.6 Å². The lowest BCUT2D eigenvalue weighted by Gasteiger charge is -2.34. The Balaban J connectivity index is 1.39. The fraction of sp³-hybridized carbons (Fsp3) is 0.421. The number of carbonyl (C=O) groups is 1. The summed E-state index contributed by atoms with van der Waals surface area (Å²) in [6.45, 7) is 7.76. The second kappa shape index (κ2) is 8.51. The molecular weight excluding hydrogens is 330 g/mol. The van der Waals surface area contributed by atoms with Gasteiger partial charge in [-0.25, -0.2) is 14.8 Å². The van der Waals surface area contributed by atoms with Crippen LogP contribution in [0, 0.1) is 13.8 Å². The monoisotopic (exact) mass is 355 g/mol. The van der Waals surface area contributed by atoms with Gasteiger partial charge in [0.25, 0.3) is 0 Å². The number of amides is 2. The molecule has 1 saturated heterocycles. The number of para-hydroxylation sites is 1. The van der Waals surface area contributed by atoms with Crippen LogP contribution in [0.2, 0.25) is 0 Å². The van der Waals surface area contributed by atoms with E-state index in [4.69, 9.17) is 4.74 Å². The first-order valence-electron chi connectivity index (χ1n) is 8.89. The third-order valence-electron chi connectivity index (χ3n) is 4.44. The molecule has 1 fully saturated rings. The van der Waals surface area contributed by atoms with E-state index in [1.165, 1.54) is 0 Å². The van der Waals surface area contributed by atoms with Crippen molar-refractivity contribution in [1.29, 1.82) is 0 Å². The normalized spacial score (nSPS) is 14.2. The predicted octanol–water partition coefficient (Wildman–Crippen LogP) is 2.00. The lowest BCUT2D eigenvalue weighted by atomic mass is 10.1. The minimum absolute atomic E-state index is 0.0521. The van der Waals surface area contributed by atoms with Gasteiger partial charge < -0.3 is 19.9 Å². The number of urea groups is 1. The van der Waals surface area contributed by atoms with Crippen LogP contribution in [-0.4, -0.2) is 60.2 Å². The van der Waals surface area contributed by atoms with E-state index < -0.39 is 0 Å². The molecule has 7 heteroatoms. The SMILES string of the molecule is Cc1cccc(C)c1OCCNC(=O)N1CCN(c2ncccn2)CC1. The number of benzene rings is 1. The van der Waals surface area contributed by atoms with Gasteiger partial charge in [0.2, 0.25) is 5.95 Å². The van der Waals surface area contributed by atoms with E-state index in [9.17, 15) is 4.79 Å². The van der Waals surface area contributed by atoms with E-state index in [2.05, 4.69) is 20.2 Å². The Kier molecular flexibility index (Phi) is 5.88. The standard InChI is InChI=1S/C19H25N5O2/c1-15-5-3-6-16(2)17(15)26-14-9-22-19(25)24-12-10-23(11-13-24)18-20-7-4-8-21-18/h3-8H,9-14H2,1-2H3,(H,22,25). The third-order valence-corrected chi connectivity index (χ3v) is 4.44. The number of ether oxygens (including phenoxy) is 1. The van der Waals surface area contributed by atoms with Crippen LogP contribution in [0.4, 0.5) is 10.7 Å². The van der Waals surface area contributed by atoms with E-state index in [1.807, 2.05) is 36.9 Å². The average Bonchev–Trinajstić information content (AvgIpc) is 2.68. The summed E-state index contributed by atoms with van der Waals surface area (Å²) in [5.74, 6) is 1.62. The van der Waals surface area contributed by atoms with Crippen LogP contribution in [-0.2, 0) is 0 Å². The van der Waals surface area contributed by atoms with Crippen LogP contribution in [0.1, 0.15) is 11.1 Å². The maximum Gasteiger partial charge on any atom is 0.317 e. The maximum atomic E-state index is 12.3. The molecular formula is C19H25N5O2. The molecule has 0 saturated carbocycles. The number of carbonyl (C=O) groups excluding carboxylic acids is 1. The summed E-state index contributed by atoms with van der Waals surface area (Å²) < 4.78 is 5.82. The summed E-state index contributed by atoms with van der Waals surface area (Å²) in [5.41, 5.74) is 2.21. The molecule has 2 aromatic rings. The van der Waals surface area contributed by atoms with Crippen molar-refractivity contribution in [2.45, 2.75) is 13.8 Å². The molecule has 3 rings (SSSR count). The van der Waals surface area contributed by atoms with Crippen LogP contribution in [0.25, 0.3) is 0 Å². The van der Waals surface area contributed by atoms with Crippen molar-refractivity contribution in [2.24, 2.45) is 0 Å². The molecule has 138 valence electrons. The number of aromatic nitrogens is 2. The highest BCUT2D eigenvalue weighted by Gasteiger charge is 2.22. The van der Waals surface area contributed by atoms with E-state index >= 15 is 0 Å². The molecule has 1 aromatic carbocycles. The first-order chi connectivity index (χ1) is 12.6. The number of rotatable bonds is 5. The molecule has 2 heterocycles. The van der Waals surface area contributed by atoms with Crippen molar-refractivity contribution in [3.8, 4) is 5.75 Å².